The van der Waals surface area contributed by atoms with Crippen LogP contribution in [-0.2, 0) is 9.59 Å². The highest BCUT2D eigenvalue weighted by molar-refractivity contribution is 5.80. The summed E-state index contributed by atoms with van der Waals surface area (Å²) in [6, 6.07) is 0.252. The molecular formula is C11H20N2O3. The molecule has 0 aliphatic heterocycles. The second kappa shape index (κ2) is 5.30. The third kappa shape index (κ3) is 3.81. The average Bonchev–Trinajstić information content (AvgIpc) is 2.10. The molecule has 1 rings (SSSR count). The summed E-state index contributed by atoms with van der Waals surface area (Å²) in [5.74, 6) is -0.966. The van der Waals surface area contributed by atoms with Gasteiger partial charge in [0.25, 0.3) is 0 Å². The molecule has 0 unspecified atom stereocenters. The van der Waals surface area contributed by atoms with Gasteiger partial charge in [-0.3, -0.25) is 9.59 Å². The Labute approximate surface area is 95.6 Å². The third-order valence-electron chi connectivity index (χ3n) is 2.88. The van der Waals surface area contributed by atoms with Gasteiger partial charge in [-0.1, -0.05) is 13.8 Å². The van der Waals surface area contributed by atoms with E-state index >= 15 is 0 Å². The van der Waals surface area contributed by atoms with Crippen molar-refractivity contribution < 1.29 is 14.7 Å². The smallest absolute Gasteiger partial charge is 0.305 e. The van der Waals surface area contributed by atoms with Crippen molar-refractivity contribution in [1.82, 2.24) is 10.6 Å². The van der Waals surface area contributed by atoms with E-state index in [2.05, 4.69) is 10.6 Å². The van der Waals surface area contributed by atoms with Crippen molar-refractivity contribution in [3.63, 3.8) is 0 Å². The first-order chi connectivity index (χ1) is 7.43. The number of carboxylic acids is 1. The van der Waals surface area contributed by atoms with Crippen LogP contribution >= 0.6 is 0 Å². The van der Waals surface area contributed by atoms with E-state index < -0.39 is 11.5 Å². The molecule has 0 aromatic rings. The SMILES string of the molecule is CC(C)NCC(=O)NC1(CC(=O)O)CCC1. The zero-order chi connectivity index (χ0) is 12.2. The van der Waals surface area contributed by atoms with Gasteiger partial charge in [-0.15, -0.1) is 0 Å². The van der Waals surface area contributed by atoms with E-state index in [-0.39, 0.29) is 24.9 Å². The van der Waals surface area contributed by atoms with Gasteiger partial charge in [-0.05, 0) is 19.3 Å². The maximum atomic E-state index is 11.6. The van der Waals surface area contributed by atoms with Crippen LogP contribution in [0.3, 0.4) is 0 Å². The van der Waals surface area contributed by atoms with E-state index in [1.807, 2.05) is 13.8 Å². The fraction of sp³-hybridized carbons (Fsp3) is 0.818. The average molecular weight is 228 g/mol. The second-order valence-electron chi connectivity index (χ2n) is 4.79. The van der Waals surface area contributed by atoms with Crippen LogP contribution in [0.1, 0.15) is 39.5 Å². The van der Waals surface area contributed by atoms with Crippen LogP contribution in [-0.4, -0.2) is 35.1 Å². The van der Waals surface area contributed by atoms with E-state index in [0.29, 0.717) is 0 Å². The third-order valence-corrected chi connectivity index (χ3v) is 2.88. The van der Waals surface area contributed by atoms with E-state index in [1.165, 1.54) is 0 Å². The van der Waals surface area contributed by atoms with Gasteiger partial charge < -0.3 is 15.7 Å². The highest BCUT2D eigenvalue weighted by Crippen LogP contribution is 2.34. The largest absolute Gasteiger partial charge is 0.481 e. The zero-order valence-electron chi connectivity index (χ0n) is 9.88. The molecule has 1 aliphatic carbocycles. The molecule has 1 aliphatic rings. The lowest BCUT2D eigenvalue weighted by Gasteiger charge is -2.41. The molecular weight excluding hydrogens is 208 g/mol. The first-order valence-corrected chi connectivity index (χ1v) is 5.70. The summed E-state index contributed by atoms with van der Waals surface area (Å²) in [7, 11) is 0. The van der Waals surface area contributed by atoms with E-state index in [0.717, 1.165) is 19.3 Å². The molecule has 16 heavy (non-hydrogen) atoms. The minimum atomic E-state index is -0.850. The lowest BCUT2D eigenvalue weighted by Crippen LogP contribution is -2.56. The monoisotopic (exact) mass is 228 g/mol. The standard InChI is InChI=1S/C11H20N2O3/c1-8(2)12-7-9(14)13-11(4-3-5-11)6-10(15)16/h8,12H,3-7H2,1-2H3,(H,13,14)(H,15,16). The molecule has 1 amide bonds. The van der Waals surface area contributed by atoms with Gasteiger partial charge in [0, 0.05) is 6.04 Å². The Morgan fingerprint density at radius 3 is 2.38 bits per heavy atom. The molecule has 0 saturated heterocycles. The predicted molar refractivity (Wildman–Crippen MR) is 60.1 cm³/mol. The van der Waals surface area contributed by atoms with Crippen LogP contribution in [0.4, 0.5) is 0 Å². The van der Waals surface area contributed by atoms with Crippen LogP contribution in [0, 0.1) is 0 Å². The molecule has 1 fully saturated rings. The van der Waals surface area contributed by atoms with Gasteiger partial charge >= 0.3 is 5.97 Å². The molecule has 0 radical (unpaired) electrons. The molecule has 5 nitrogen and oxygen atoms in total. The van der Waals surface area contributed by atoms with Crippen molar-refractivity contribution in [1.29, 1.82) is 0 Å². The number of carbonyl (C=O) groups is 2. The quantitative estimate of drug-likeness (QED) is 0.618. The Balaban J connectivity index is 2.38. The maximum Gasteiger partial charge on any atom is 0.305 e. The molecule has 3 N–H and O–H groups in total. The van der Waals surface area contributed by atoms with Crippen LogP contribution in [0.5, 0.6) is 0 Å². The predicted octanol–water partition coefficient (Wildman–Crippen LogP) is 0.498. The molecule has 0 atom stereocenters. The van der Waals surface area contributed by atoms with Crippen molar-refractivity contribution in [3.05, 3.63) is 0 Å². The molecule has 0 heterocycles. The van der Waals surface area contributed by atoms with E-state index in [1.54, 1.807) is 0 Å². The Kier molecular flexibility index (Phi) is 4.29. The fourth-order valence-electron chi connectivity index (χ4n) is 1.88. The number of carboxylic acid groups (broad SMARTS) is 1. The summed E-state index contributed by atoms with van der Waals surface area (Å²) in [4.78, 5) is 22.3. The molecule has 0 bridgehead atoms. The molecule has 0 aromatic carbocycles. The Hall–Kier alpha value is -1.10. The van der Waals surface area contributed by atoms with Gasteiger partial charge in [-0.2, -0.15) is 0 Å². The number of carbonyl (C=O) groups excluding carboxylic acids is 1. The van der Waals surface area contributed by atoms with Crippen molar-refractivity contribution in [2.24, 2.45) is 0 Å². The first-order valence-electron chi connectivity index (χ1n) is 5.70. The Morgan fingerprint density at radius 2 is 2.00 bits per heavy atom. The van der Waals surface area contributed by atoms with Crippen molar-refractivity contribution >= 4 is 11.9 Å². The summed E-state index contributed by atoms with van der Waals surface area (Å²) in [5.41, 5.74) is -0.485. The Morgan fingerprint density at radius 1 is 1.38 bits per heavy atom. The van der Waals surface area contributed by atoms with Gasteiger partial charge in [0.2, 0.25) is 5.91 Å². The van der Waals surface area contributed by atoms with Crippen LogP contribution in [0.25, 0.3) is 0 Å². The number of amides is 1. The molecule has 5 heteroatoms. The van der Waals surface area contributed by atoms with Crippen LogP contribution in [0.2, 0.25) is 0 Å². The fourth-order valence-corrected chi connectivity index (χ4v) is 1.88. The van der Waals surface area contributed by atoms with Crippen LogP contribution in [0.15, 0.2) is 0 Å². The minimum Gasteiger partial charge on any atom is -0.481 e. The lowest BCUT2D eigenvalue weighted by molar-refractivity contribution is -0.140. The van der Waals surface area contributed by atoms with Gasteiger partial charge in [0.05, 0.1) is 18.5 Å². The molecule has 0 spiro atoms. The van der Waals surface area contributed by atoms with E-state index in [9.17, 15) is 9.59 Å². The van der Waals surface area contributed by atoms with Crippen LogP contribution < -0.4 is 10.6 Å². The number of rotatable bonds is 6. The maximum absolute atomic E-state index is 11.6. The van der Waals surface area contributed by atoms with Crippen molar-refractivity contribution in [2.45, 2.75) is 51.1 Å². The molecule has 92 valence electrons. The number of hydrogen-bond donors (Lipinski definition) is 3. The van der Waals surface area contributed by atoms with Gasteiger partial charge in [0.15, 0.2) is 0 Å². The minimum absolute atomic E-state index is 0.0282. The summed E-state index contributed by atoms with van der Waals surface area (Å²) in [5, 5.41) is 14.6. The molecule has 1 saturated carbocycles. The Bertz CT molecular complexity index is 272. The molecule has 0 aromatic heterocycles. The first kappa shape index (κ1) is 13.0. The van der Waals surface area contributed by atoms with E-state index in [4.69, 9.17) is 5.11 Å². The van der Waals surface area contributed by atoms with Gasteiger partial charge in [-0.25, -0.2) is 0 Å². The summed E-state index contributed by atoms with van der Waals surface area (Å²) < 4.78 is 0. The zero-order valence-corrected chi connectivity index (χ0v) is 9.88. The summed E-state index contributed by atoms with van der Waals surface area (Å²) in [6.45, 7) is 4.17. The summed E-state index contributed by atoms with van der Waals surface area (Å²) in [6.07, 6.45) is 2.56. The number of nitrogens with one attached hydrogen (secondary N) is 2. The topological polar surface area (TPSA) is 78.4 Å². The number of aliphatic carboxylic acids is 1. The highest BCUT2D eigenvalue weighted by Gasteiger charge is 2.40. The van der Waals surface area contributed by atoms with Crippen molar-refractivity contribution in [3.8, 4) is 0 Å². The highest BCUT2D eigenvalue weighted by atomic mass is 16.4. The summed E-state index contributed by atoms with van der Waals surface area (Å²) >= 11 is 0. The second-order valence-corrected chi connectivity index (χ2v) is 4.79. The van der Waals surface area contributed by atoms with Gasteiger partial charge in [0.1, 0.15) is 0 Å². The van der Waals surface area contributed by atoms with Crippen molar-refractivity contribution in [2.75, 3.05) is 6.54 Å². The lowest BCUT2D eigenvalue weighted by atomic mass is 9.74. The normalized spacial score (nSPS) is 17.9. The number of hydrogen-bond acceptors (Lipinski definition) is 3.